The molecule has 13 heterocycles. The lowest BCUT2D eigenvalue weighted by atomic mass is 9.87. The van der Waals surface area contributed by atoms with Gasteiger partial charge in [-0.3, -0.25) is 44.9 Å². The van der Waals surface area contributed by atoms with Crippen LogP contribution in [0.5, 0.6) is 0 Å². The zero-order chi connectivity index (χ0) is 91.4. The van der Waals surface area contributed by atoms with Gasteiger partial charge in [0.25, 0.3) is 0 Å². The molecule has 0 amide bonds. The number of hydrogen-bond acceptors (Lipinski definition) is 13. The number of hydrogen-bond donors (Lipinski definition) is 0. The Bertz CT molecular complexity index is 9300. The molecule has 0 unspecified atom stereocenters. The van der Waals surface area contributed by atoms with Crippen LogP contribution in [0.4, 0.5) is 0 Å². The highest BCUT2D eigenvalue weighted by atomic mass is 14.8. The fourth-order valence-corrected chi connectivity index (χ4v) is 19.7. The zero-order valence-corrected chi connectivity index (χ0v) is 74.3. The van der Waals surface area contributed by atoms with Crippen LogP contribution in [0, 0.1) is 0 Å². The normalized spacial score (nSPS) is 11.5. The van der Waals surface area contributed by atoms with Gasteiger partial charge < -0.3 is 0 Å². The molecule has 13 nitrogen and oxygen atoms in total. The van der Waals surface area contributed by atoms with E-state index < -0.39 is 0 Å². The number of benzene rings is 14. The van der Waals surface area contributed by atoms with Crippen molar-refractivity contribution in [3.05, 3.63) is 468 Å². The number of para-hydroxylation sites is 3. The first-order valence-corrected chi connectivity index (χ1v) is 46.0. The van der Waals surface area contributed by atoms with E-state index >= 15 is 0 Å². The molecule has 0 radical (unpaired) electrons. The third-order valence-electron chi connectivity index (χ3n) is 26.1. The number of aromatic nitrogens is 13. The lowest BCUT2D eigenvalue weighted by molar-refractivity contribution is 1.30. The van der Waals surface area contributed by atoms with Gasteiger partial charge in [-0.2, -0.15) is 0 Å². The summed E-state index contributed by atoms with van der Waals surface area (Å²) in [6, 6.07) is 144. The maximum Gasteiger partial charge on any atom is 0.0979 e. The highest BCUT2D eigenvalue weighted by Gasteiger charge is 2.24. The van der Waals surface area contributed by atoms with E-state index in [4.69, 9.17) is 34.9 Å². The van der Waals surface area contributed by atoms with Crippen LogP contribution < -0.4 is 0 Å². The average molecular weight is 1760 g/mol. The van der Waals surface area contributed by atoms with Gasteiger partial charge in [0, 0.05) is 160 Å². The van der Waals surface area contributed by atoms with Crippen LogP contribution in [0.15, 0.2) is 468 Å². The van der Waals surface area contributed by atoms with E-state index in [9.17, 15) is 0 Å². The molecule has 13 heteroatoms. The van der Waals surface area contributed by atoms with Crippen LogP contribution in [0.25, 0.3) is 265 Å². The molecule has 0 aliphatic heterocycles. The van der Waals surface area contributed by atoms with Crippen LogP contribution in [-0.2, 0) is 0 Å². The van der Waals surface area contributed by atoms with Crippen molar-refractivity contribution in [2.45, 2.75) is 0 Å². The Balaban J connectivity index is 0.000000110. The molecular weight excluding hydrogens is 1680 g/mol. The van der Waals surface area contributed by atoms with Gasteiger partial charge in [-0.05, 0) is 254 Å². The molecule has 0 aliphatic rings. The summed E-state index contributed by atoms with van der Waals surface area (Å²) in [5, 5.41) is 17.0. The highest BCUT2D eigenvalue weighted by Crippen LogP contribution is 2.47. The fraction of sp³-hybridized carbons (Fsp3) is 0. The van der Waals surface area contributed by atoms with Gasteiger partial charge in [-0.15, -0.1) is 0 Å². The minimum atomic E-state index is 0.871. The maximum atomic E-state index is 5.27. The summed E-state index contributed by atoms with van der Waals surface area (Å²) in [5.41, 5.74) is 33.2. The predicted molar refractivity (Wildman–Crippen MR) is 566 cm³/mol. The first-order chi connectivity index (χ1) is 68.4. The van der Waals surface area contributed by atoms with Gasteiger partial charge >= 0.3 is 0 Å². The van der Waals surface area contributed by atoms with Gasteiger partial charge in [0.15, 0.2) is 0 Å². The molecule has 27 aromatic rings. The first-order valence-electron chi connectivity index (χ1n) is 46.0. The number of nitrogens with zero attached hydrogens (tertiary/aromatic N) is 13. The van der Waals surface area contributed by atoms with E-state index in [0.717, 1.165) is 210 Å². The third kappa shape index (κ3) is 15.1. The number of pyridine rings is 13. The minimum absolute atomic E-state index is 0.871. The van der Waals surface area contributed by atoms with E-state index in [1.54, 1.807) is 0 Å². The van der Waals surface area contributed by atoms with Crippen molar-refractivity contribution in [2.75, 3.05) is 0 Å². The van der Waals surface area contributed by atoms with Gasteiger partial charge in [0.2, 0.25) is 0 Å². The third-order valence-corrected chi connectivity index (χ3v) is 26.1. The van der Waals surface area contributed by atoms with Crippen LogP contribution >= 0.6 is 0 Å². The van der Waals surface area contributed by atoms with Crippen LogP contribution in [0.1, 0.15) is 0 Å². The standard InChI is InChI=1S/C46H28N4.C42H26N4.C37H23N5/c1-2-12-43-39(9-1)44(40-20-15-29-8-7-23-49-45(29)46(40)50-43)33-17-19-38-32(25-33)14-13-31-24-30(16-18-37(31)38)34-26-35(41-10-3-5-21-47-41)28-36(27-34)42-11-4-6-22-48-42;1-2-12-33-32(11-1)31(28-24-29(37-14-5-7-21-43-37)26-30(25-28)38-15-6-8-22-44-38)19-20-34(33)40-35-13-3-4-16-39(35)46-42-36(40)18-17-27-10-9-23-45-41(27)42;1-2-13-33-28(10-1)35(29-17-16-24-9-8-20-40-36(24)37(29)42-33)34-15-7-14-32(41-34)27-22-25(30-11-3-5-18-38-30)21-26(23-27)31-12-4-6-19-39-31/h1-28H;1-26H;1-23H. The van der Waals surface area contributed by atoms with Crippen molar-refractivity contribution < 1.29 is 0 Å². The second-order valence-electron chi connectivity index (χ2n) is 34.4. The highest BCUT2D eigenvalue weighted by molar-refractivity contribution is 6.22. The largest absolute Gasteiger partial charge is 0.256 e. The predicted octanol–water partition coefficient (Wildman–Crippen LogP) is 31.0. The Morgan fingerprint density at radius 3 is 0.841 bits per heavy atom. The molecule has 13 aromatic heterocycles. The van der Waals surface area contributed by atoms with Crippen LogP contribution in [0.3, 0.4) is 0 Å². The van der Waals surface area contributed by atoms with Gasteiger partial charge in [0.1, 0.15) is 0 Å². The van der Waals surface area contributed by atoms with Crippen LogP contribution in [0.2, 0.25) is 0 Å². The summed E-state index contributed by atoms with van der Waals surface area (Å²) in [4.78, 5) is 62.7. The molecule has 14 aromatic carbocycles. The monoisotopic (exact) mass is 1760 g/mol. The Labute approximate surface area is 792 Å². The second-order valence-corrected chi connectivity index (χ2v) is 34.4. The Morgan fingerprint density at radius 1 is 0.123 bits per heavy atom. The van der Waals surface area contributed by atoms with Crippen molar-refractivity contribution >= 4 is 130 Å². The summed E-state index contributed by atoms with van der Waals surface area (Å²) in [6.45, 7) is 0. The quantitative estimate of drug-likeness (QED) is 0.0838. The minimum Gasteiger partial charge on any atom is -0.256 e. The molecular formula is C125H77N13. The van der Waals surface area contributed by atoms with Gasteiger partial charge in [0.05, 0.1) is 95.2 Å². The molecule has 0 saturated heterocycles. The van der Waals surface area contributed by atoms with Gasteiger partial charge in [-0.25, -0.2) is 19.9 Å². The summed E-state index contributed by atoms with van der Waals surface area (Å²) >= 11 is 0. The van der Waals surface area contributed by atoms with E-state index in [-0.39, 0.29) is 0 Å². The lowest BCUT2D eigenvalue weighted by Gasteiger charge is -2.17. The molecule has 0 bridgehead atoms. The SMILES string of the molecule is c1ccc(-c2cc(-c3ccc4c(ccc5cc(-c6c7ccccc7nc7c6ccc6cccnc67)ccc54)c3)cc(-c3ccccn3)c2)nc1.c1ccc(-c2cc(-c3ccccn3)cc(-c3ccc(-c4c5ccccc5nc5c4ccc4cccnc45)c4ccccc34)c2)nc1.c1ccc(-c2cc(-c3ccccn3)cc(-c3cccc(-c4c5ccccc5nc5c4ccc4cccnc45)n3)c2)nc1. The Morgan fingerprint density at radius 2 is 0.420 bits per heavy atom. The topological polar surface area (TPSA) is 168 Å². The summed E-state index contributed by atoms with van der Waals surface area (Å²) in [6.07, 6.45) is 16.5. The molecule has 0 spiro atoms. The molecule has 0 N–H and O–H groups in total. The first kappa shape index (κ1) is 81.2. The molecule has 642 valence electrons. The molecule has 0 aliphatic carbocycles. The van der Waals surface area contributed by atoms with Crippen LogP contribution in [-0.4, -0.2) is 64.8 Å². The van der Waals surface area contributed by atoms with Crippen molar-refractivity contribution in [2.24, 2.45) is 0 Å². The number of rotatable bonds is 12. The van der Waals surface area contributed by atoms with Crippen molar-refractivity contribution in [3.63, 3.8) is 0 Å². The summed E-state index contributed by atoms with van der Waals surface area (Å²) < 4.78 is 0. The lowest BCUT2D eigenvalue weighted by Crippen LogP contribution is -1.95. The summed E-state index contributed by atoms with van der Waals surface area (Å²) in [7, 11) is 0. The molecule has 0 fully saturated rings. The molecule has 0 saturated carbocycles. The van der Waals surface area contributed by atoms with E-state index in [1.807, 2.05) is 165 Å². The second kappa shape index (κ2) is 35.0. The number of fused-ring (bicyclic) bond motifs is 16. The zero-order valence-electron chi connectivity index (χ0n) is 74.3. The molecule has 27 rings (SSSR count). The molecule has 0 atom stereocenters. The van der Waals surface area contributed by atoms with E-state index in [1.165, 1.54) is 54.6 Å². The Kier molecular flexibility index (Phi) is 20.6. The Hall–Kier alpha value is -18.9. The summed E-state index contributed by atoms with van der Waals surface area (Å²) in [5.74, 6) is 0. The van der Waals surface area contributed by atoms with Crippen molar-refractivity contribution in [3.8, 4) is 135 Å². The smallest absolute Gasteiger partial charge is 0.0979 e. The van der Waals surface area contributed by atoms with Crippen molar-refractivity contribution in [1.29, 1.82) is 0 Å². The van der Waals surface area contributed by atoms with Gasteiger partial charge in [-0.1, -0.05) is 224 Å². The molecule has 138 heavy (non-hydrogen) atoms. The van der Waals surface area contributed by atoms with E-state index in [0.29, 0.717) is 0 Å². The average Bonchev–Trinajstić information content (AvgIpc) is 0.698. The van der Waals surface area contributed by atoms with Crippen molar-refractivity contribution in [1.82, 2.24) is 64.8 Å². The maximum absolute atomic E-state index is 5.27. The fourth-order valence-electron chi connectivity index (χ4n) is 19.7. The van der Waals surface area contributed by atoms with E-state index in [2.05, 4.69) is 333 Å².